The predicted molar refractivity (Wildman–Crippen MR) is 74.9 cm³/mol. The second-order valence-corrected chi connectivity index (χ2v) is 12.3. The highest BCUT2D eigenvalue weighted by Gasteiger charge is 2.31. The molecule has 0 heterocycles. The summed E-state index contributed by atoms with van der Waals surface area (Å²) in [6.45, 7) is -2.60. The molecule has 0 radical (unpaired) electrons. The summed E-state index contributed by atoms with van der Waals surface area (Å²) in [6.07, 6.45) is 2.77. The average Bonchev–Trinajstić information content (AvgIpc) is 2.43. The van der Waals surface area contributed by atoms with Crippen LogP contribution in [0.5, 0.6) is 0 Å². The van der Waals surface area contributed by atoms with Crippen molar-refractivity contribution < 1.29 is 4.57 Å². The largest absolute Gasteiger partial charge is 0.319 e. The Kier molecular flexibility index (Phi) is 9.77. The van der Waals surface area contributed by atoms with Crippen molar-refractivity contribution in [2.75, 3.05) is 24.6 Å². The number of hydrogen-bond donors (Lipinski definition) is 0. The lowest BCUT2D eigenvalue weighted by atomic mass is 10.5. The highest BCUT2D eigenvalue weighted by atomic mass is 32.1. The Morgan fingerprint density at radius 1 is 0.737 bits per heavy atom. The Balaban J connectivity index is 4.95. The minimum atomic E-state index is -2.60. The lowest BCUT2D eigenvalue weighted by Gasteiger charge is -2.26. The second kappa shape index (κ2) is 10.5. The highest BCUT2D eigenvalue weighted by molar-refractivity contribution is 8.33. The smallest absolute Gasteiger partial charge is 0.110 e. The Morgan fingerprint density at radius 3 is 1.42 bits per heavy atom. The zero-order valence-corrected chi connectivity index (χ0v) is 12.5. The van der Waals surface area contributed by atoms with E-state index in [2.05, 4.69) is 0 Å². The van der Waals surface area contributed by atoms with E-state index in [1.54, 1.807) is 0 Å². The summed E-state index contributed by atoms with van der Waals surface area (Å²) >= 11 is 0. The van der Waals surface area contributed by atoms with Crippen molar-refractivity contribution in [2.45, 2.75) is 25.7 Å². The number of nitrogens with zero attached hydrogens (tertiary/aromatic N) is 4. The third-order valence-corrected chi connectivity index (χ3v) is 12.5. The molecular formula is C12H16N4OP2. The summed E-state index contributed by atoms with van der Waals surface area (Å²) in [7, 11) is -0.933. The molecule has 7 heteroatoms. The van der Waals surface area contributed by atoms with Crippen LogP contribution in [-0.4, -0.2) is 24.6 Å². The number of hydrogen-bond acceptors (Lipinski definition) is 5. The summed E-state index contributed by atoms with van der Waals surface area (Å²) in [4.78, 5) is 0. The van der Waals surface area contributed by atoms with E-state index >= 15 is 0 Å². The van der Waals surface area contributed by atoms with Gasteiger partial charge in [-0.2, -0.15) is 21.0 Å². The van der Waals surface area contributed by atoms with Crippen LogP contribution in [0.15, 0.2) is 0 Å². The molecule has 0 unspecified atom stereocenters. The number of rotatable bonds is 9. The van der Waals surface area contributed by atoms with Crippen LogP contribution < -0.4 is 0 Å². The van der Waals surface area contributed by atoms with E-state index in [0.29, 0.717) is 37.5 Å². The van der Waals surface area contributed by atoms with Gasteiger partial charge in [0.2, 0.25) is 0 Å². The molecule has 5 nitrogen and oxygen atoms in total. The summed E-state index contributed by atoms with van der Waals surface area (Å²) in [6, 6.07) is 8.07. The first-order valence-corrected chi connectivity index (χ1v) is 10.5. The fourth-order valence-electron chi connectivity index (χ4n) is 1.68. The molecule has 0 aromatic carbocycles. The molecule has 0 aromatic heterocycles. The van der Waals surface area contributed by atoms with E-state index in [4.69, 9.17) is 21.0 Å². The van der Waals surface area contributed by atoms with Crippen LogP contribution in [0.4, 0.5) is 0 Å². The quantitative estimate of drug-likeness (QED) is 0.605. The normalized spacial score (nSPS) is 10.2. The van der Waals surface area contributed by atoms with E-state index < -0.39 is 14.4 Å². The van der Waals surface area contributed by atoms with Crippen molar-refractivity contribution in [3.8, 4) is 24.3 Å². The Hall–Kier alpha value is -1.38. The van der Waals surface area contributed by atoms with Gasteiger partial charge < -0.3 is 4.57 Å². The van der Waals surface area contributed by atoms with Crippen LogP contribution in [0.25, 0.3) is 0 Å². The van der Waals surface area contributed by atoms with Crippen LogP contribution in [-0.2, 0) is 4.57 Å². The first kappa shape index (κ1) is 17.6. The molecule has 0 N–H and O–H groups in total. The second-order valence-electron chi connectivity index (χ2n) is 3.88. The monoisotopic (exact) mass is 294 g/mol. The van der Waals surface area contributed by atoms with Gasteiger partial charge in [0.25, 0.3) is 0 Å². The maximum absolute atomic E-state index is 13.0. The molecule has 0 spiro atoms. The van der Waals surface area contributed by atoms with Crippen molar-refractivity contribution in [2.24, 2.45) is 0 Å². The first-order chi connectivity index (χ1) is 9.14. The predicted octanol–water partition coefficient (Wildman–Crippen LogP) is 3.40. The summed E-state index contributed by atoms with van der Waals surface area (Å²) < 4.78 is 13.0. The van der Waals surface area contributed by atoms with Crippen molar-refractivity contribution in [1.82, 2.24) is 0 Å². The molecular weight excluding hydrogens is 278 g/mol. The van der Waals surface area contributed by atoms with Gasteiger partial charge in [0.05, 0.1) is 24.3 Å². The fraction of sp³-hybridized carbons (Fsp3) is 0.667. The molecule has 0 atom stereocenters. The van der Waals surface area contributed by atoms with Gasteiger partial charge in [0.15, 0.2) is 0 Å². The summed E-state index contributed by atoms with van der Waals surface area (Å²) in [5, 5.41) is 34.6. The van der Waals surface area contributed by atoms with Gasteiger partial charge in [-0.05, 0) is 19.9 Å². The van der Waals surface area contributed by atoms with Crippen LogP contribution >= 0.6 is 14.4 Å². The molecule has 100 valence electrons. The van der Waals surface area contributed by atoms with E-state index in [9.17, 15) is 4.57 Å². The molecule has 0 aromatic rings. The molecule has 0 amide bonds. The number of nitriles is 4. The average molecular weight is 294 g/mol. The molecule has 0 aliphatic rings. The molecule has 0 rings (SSSR count). The van der Waals surface area contributed by atoms with Gasteiger partial charge in [0, 0.05) is 38.0 Å². The Morgan fingerprint density at radius 2 is 1.11 bits per heavy atom. The zero-order chi connectivity index (χ0) is 14.6. The lowest BCUT2D eigenvalue weighted by molar-refractivity contribution is 0.583. The van der Waals surface area contributed by atoms with Gasteiger partial charge >= 0.3 is 0 Å². The van der Waals surface area contributed by atoms with Crippen molar-refractivity contribution in [3.63, 3.8) is 0 Å². The van der Waals surface area contributed by atoms with Gasteiger partial charge in [0.1, 0.15) is 6.83 Å². The van der Waals surface area contributed by atoms with Gasteiger partial charge in [-0.15, -0.1) is 0 Å². The van der Waals surface area contributed by atoms with Crippen LogP contribution in [0.1, 0.15) is 25.7 Å². The van der Waals surface area contributed by atoms with Crippen molar-refractivity contribution >= 4 is 14.4 Å². The molecule has 0 aliphatic carbocycles. The SMILES string of the molecule is N#CCCP(CCC#N)P(=O)(CCC#N)CCC#N. The lowest BCUT2D eigenvalue weighted by Crippen LogP contribution is -2.00. The third kappa shape index (κ3) is 6.94. The minimum Gasteiger partial charge on any atom is -0.319 e. The van der Waals surface area contributed by atoms with E-state index in [0.717, 1.165) is 0 Å². The molecule has 0 aliphatic heterocycles. The maximum atomic E-state index is 13.0. The van der Waals surface area contributed by atoms with Gasteiger partial charge in [-0.25, -0.2) is 0 Å². The Bertz CT molecular complexity index is 438. The topological polar surface area (TPSA) is 112 Å². The van der Waals surface area contributed by atoms with Crippen LogP contribution in [0, 0.1) is 45.3 Å². The summed E-state index contributed by atoms with van der Waals surface area (Å²) in [5.41, 5.74) is 0. The van der Waals surface area contributed by atoms with Crippen molar-refractivity contribution in [1.29, 1.82) is 21.0 Å². The maximum Gasteiger partial charge on any atom is 0.110 e. The van der Waals surface area contributed by atoms with Gasteiger partial charge in [-0.3, -0.25) is 0 Å². The third-order valence-electron chi connectivity index (χ3n) is 2.62. The first-order valence-electron chi connectivity index (χ1n) is 5.96. The van der Waals surface area contributed by atoms with Crippen LogP contribution in [0.3, 0.4) is 0 Å². The molecule has 0 saturated heterocycles. The van der Waals surface area contributed by atoms with E-state index in [1.807, 2.05) is 24.3 Å². The highest BCUT2D eigenvalue weighted by Crippen LogP contribution is 2.76. The zero-order valence-electron chi connectivity index (χ0n) is 10.7. The van der Waals surface area contributed by atoms with Crippen molar-refractivity contribution in [3.05, 3.63) is 0 Å². The van der Waals surface area contributed by atoms with Crippen LogP contribution in [0.2, 0.25) is 0 Å². The summed E-state index contributed by atoms with van der Waals surface area (Å²) in [5.74, 6) is 0. The molecule has 19 heavy (non-hydrogen) atoms. The fourth-order valence-corrected chi connectivity index (χ4v) is 10.1. The standard InChI is InChI=1S/C12H16N4OP2/c13-5-1-9-18(10-2-6-14)19(17,11-3-7-15)12-4-8-16/h1-4,9-12H2. The van der Waals surface area contributed by atoms with Gasteiger partial charge in [-0.1, -0.05) is 0 Å². The van der Waals surface area contributed by atoms with E-state index in [-0.39, 0.29) is 12.8 Å². The minimum absolute atomic E-state index is 0.209. The Labute approximate surface area is 115 Å². The molecule has 0 bridgehead atoms. The molecule has 0 saturated carbocycles. The van der Waals surface area contributed by atoms with E-state index in [1.165, 1.54) is 0 Å². The molecule has 0 fully saturated rings.